The third-order valence-corrected chi connectivity index (χ3v) is 3.46. The number of morpholine rings is 1. The highest BCUT2D eigenvalue weighted by atomic mass is 16.5. The molecule has 0 bridgehead atoms. The zero-order valence-corrected chi connectivity index (χ0v) is 12.2. The maximum atomic E-state index is 12.7. The van der Waals surface area contributed by atoms with Crippen LogP contribution in [-0.2, 0) is 4.74 Å². The Balaban J connectivity index is 2.22. The van der Waals surface area contributed by atoms with Gasteiger partial charge in [0.25, 0.3) is 5.91 Å². The lowest BCUT2D eigenvalue weighted by molar-refractivity contribution is -0.0860. The van der Waals surface area contributed by atoms with Crippen LogP contribution in [0.1, 0.15) is 37.3 Å². The van der Waals surface area contributed by atoms with Crippen LogP contribution < -0.4 is 5.73 Å². The quantitative estimate of drug-likeness (QED) is 0.861. The molecule has 112 valence electrons. The Morgan fingerprint density at radius 3 is 2.85 bits per heavy atom. The average molecular weight is 281 g/mol. The Kier molecular flexibility index (Phi) is 4.35. The van der Waals surface area contributed by atoms with E-state index in [9.17, 15) is 9.90 Å². The van der Waals surface area contributed by atoms with Crippen LogP contribution in [0, 0.1) is 0 Å². The second kappa shape index (κ2) is 5.85. The van der Waals surface area contributed by atoms with Crippen LogP contribution in [-0.4, -0.2) is 52.4 Å². The molecule has 0 aliphatic carbocycles. The molecule has 0 radical (unpaired) electrons. The molecular weight excluding hydrogens is 258 g/mol. The summed E-state index contributed by atoms with van der Waals surface area (Å²) in [6.07, 6.45) is 1.39. The Bertz CT molecular complexity index is 484. The number of amides is 1. The van der Waals surface area contributed by atoms with E-state index in [1.165, 1.54) is 0 Å². The first-order chi connectivity index (χ1) is 9.42. The van der Waals surface area contributed by atoms with E-state index in [1.807, 2.05) is 25.3 Å². The fraction of sp³-hybridized carbons (Fsp3) is 0.643. The smallest absolute Gasteiger partial charge is 0.270 e. The summed E-state index contributed by atoms with van der Waals surface area (Å²) in [5.41, 5.74) is 6.98. The minimum Gasteiger partial charge on any atom is -0.397 e. The van der Waals surface area contributed by atoms with Gasteiger partial charge in [-0.15, -0.1) is 0 Å². The summed E-state index contributed by atoms with van der Waals surface area (Å²) >= 11 is 0. The van der Waals surface area contributed by atoms with Crippen molar-refractivity contribution < 1.29 is 14.6 Å². The number of nitrogens with zero attached hydrogens (tertiary/aromatic N) is 2. The molecule has 2 atom stereocenters. The van der Waals surface area contributed by atoms with Gasteiger partial charge in [0.1, 0.15) is 5.69 Å². The van der Waals surface area contributed by atoms with Gasteiger partial charge in [-0.25, -0.2) is 0 Å². The second-order valence-corrected chi connectivity index (χ2v) is 5.62. The zero-order chi connectivity index (χ0) is 14.9. The molecule has 20 heavy (non-hydrogen) atoms. The molecule has 0 aromatic carbocycles. The van der Waals surface area contributed by atoms with Gasteiger partial charge in [0.05, 0.1) is 24.5 Å². The number of hydrogen-bond donors (Lipinski definition) is 2. The van der Waals surface area contributed by atoms with Crippen molar-refractivity contribution in [3.05, 3.63) is 18.0 Å². The van der Waals surface area contributed by atoms with Crippen LogP contribution in [0.25, 0.3) is 0 Å². The lowest BCUT2D eigenvalue weighted by Crippen LogP contribution is -2.50. The number of hydrogen-bond acceptors (Lipinski definition) is 4. The number of rotatable bonds is 3. The minimum atomic E-state index is -0.317. The lowest BCUT2D eigenvalue weighted by Gasteiger charge is -2.36. The monoisotopic (exact) mass is 281 g/mol. The summed E-state index contributed by atoms with van der Waals surface area (Å²) < 4.78 is 7.44. The first-order valence-electron chi connectivity index (χ1n) is 6.95. The molecule has 1 aromatic rings. The van der Waals surface area contributed by atoms with E-state index in [0.29, 0.717) is 24.5 Å². The predicted molar refractivity (Wildman–Crippen MR) is 76.6 cm³/mol. The molecule has 1 fully saturated rings. The van der Waals surface area contributed by atoms with Crippen molar-refractivity contribution in [2.45, 2.75) is 39.0 Å². The van der Waals surface area contributed by atoms with Gasteiger partial charge in [-0.1, -0.05) is 0 Å². The standard InChI is InChI=1S/C14H23N3O3/c1-9(2)17-6-11(15)4-13(17)14(19)16-5-10(3)20-12(7-16)8-18/h4,6,9-10,12,18H,5,7-8,15H2,1-3H3. The predicted octanol–water partition coefficient (Wildman–Crippen LogP) is 0.873. The van der Waals surface area contributed by atoms with Gasteiger partial charge in [0.15, 0.2) is 0 Å². The Morgan fingerprint density at radius 2 is 2.25 bits per heavy atom. The molecular formula is C14H23N3O3. The molecule has 2 heterocycles. The normalized spacial score (nSPS) is 23.4. The van der Waals surface area contributed by atoms with Crippen LogP contribution in [0.4, 0.5) is 5.69 Å². The highest BCUT2D eigenvalue weighted by Gasteiger charge is 2.30. The maximum absolute atomic E-state index is 12.7. The molecule has 1 aromatic heterocycles. The number of anilines is 1. The largest absolute Gasteiger partial charge is 0.397 e. The molecule has 3 N–H and O–H groups in total. The van der Waals surface area contributed by atoms with Crippen LogP contribution in [0.2, 0.25) is 0 Å². The number of aromatic nitrogens is 1. The number of ether oxygens (including phenoxy) is 1. The van der Waals surface area contributed by atoms with E-state index in [0.717, 1.165) is 0 Å². The highest BCUT2D eigenvalue weighted by Crippen LogP contribution is 2.20. The van der Waals surface area contributed by atoms with Gasteiger partial charge in [-0.05, 0) is 26.8 Å². The Labute approximate surface area is 119 Å². The van der Waals surface area contributed by atoms with E-state index in [-0.39, 0.29) is 30.8 Å². The van der Waals surface area contributed by atoms with Gasteiger partial charge in [-0.2, -0.15) is 0 Å². The topological polar surface area (TPSA) is 80.7 Å². The van der Waals surface area contributed by atoms with Crippen molar-refractivity contribution in [2.24, 2.45) is 0 Å². The summed E-state index contributed by atoms with van der Waals surface area (Å²) in [5, 5.41) is 9.24. The Morgan fingerprint density at radius 1 is 1.55 bits per heavy atom. The third kappa shape index (κ3) is 2.96. The highest BCUT2D eigenvalue weighted by molar-refractivity contribution is 5.94. The molecule has 0 saturated carbocycles. The summed E-state index contributed by atoms with van der Waals surface area (Å²) in [7, 11) is 0. The van der Waals surface area contributed by atoms with Gasteiger partial charge < -0.3 is 25.0 Å². The summed E-state index contributed by atoms with van der Waals surface area (Å²) in [4.78, 5) is 14.4. The van der Waals surface area contributed by atoms with Crippen molar-refractivity contribution in [3.8, 4) is 0 Å². The average Bonchev–Trinajstić information content (AvgIpc) is 2.79. The van der Waals surface area contributed by atoms with E-state index >= 15 is 0 Å². The number of carbonyl (C=O) groups excluding carboxylic acids is 1. The van der Waals surface area contributed by atoms with E-state index in [2.05, 4.69) is 0 Å². The van der Waals surface area contributed by atoms with Crippen LogP contribution in [0.3, 0.4) is 0 Å². The SMILES string of the molecule is CC1CN(C(=O)c2cc(N)cn2C(C)C)CC(CO)O1. The molecule has 1 amide bonds. The van der Waals surface area contributed by atoms with Gasteiger partial charge in [0, 0.05) is 25.3 Å². The third-order valence-electron chi connectivity index (χ3n) is 3.46. The zero-order valence-electron chi connectivity index (χ0n) is 12.2. The van der Waals surface area contributed by atoms with Crippen molar-refractivity contribution in [1.82, 2.24) is 9.47 Å². The Hall–Kier alpha value is -1.53. The molecule has 1 aliphatic rings. The number of carbonyl (C=O) groups is 1. The fourth-order valence-corrected chi connectivity index (χ4v) is 2.57. The molecule has 1 saturated heterocycles. The van der Waals surface area contributed by atoms with Gasteiger partial charge in [0.2, 0.25) is 0 Å². The molecule has 1 aliphatic heterocycles. The van der Waals surface area contributed by atoms with Crippen molar-refractivity contribution in [1.29, 1.82) is 0 Å². The van der Waals surface area contributed by atoms with Crippen LogP contribution >= 0.6 is 0 Å². The van der Waals surface area contributed by atoms with Crippen LogP contribution in [0.15, 0.2) is 12.3 Å². The summed E-state index contributed by atoms with van der Waals surface area (Å²) in [5.74, 6) is -0.0657. The first-order valence-corrected chi connectivity index (χ1v) is 6.95. The van der Waals surface area contributed by atoms with Crippen molar-refractivity contribution in [3.63, 3.8) is 0 Å². The van der Waals surface area contributed by atoms with E-state index < -0.39 is 0 Å². The minimum absolute atomic E-state index is 0.0657. The molecule has 2 unspecified atom stereocenters. The number of aliphatic hydroxyl groups excluding tert-OH is 1. The first kappa shape index (κ1) is 14.9. The maximum Gasteiger partial charge on any atom is 0.270 e. The summed E-state index contributed by atoms with van der Waals surface area (Å²) in [6.45, 7) is 6.77. The van der Waals surface area contributed by atoms with Gasteiger partial charge in [-0.3, -0.25) is 4.79 Å². The van der Waals surface area contributed by atoms with Gasteiger partial charge >= 0.3 is 0 Å². The van der Waals surface area contributed by atoms with Crippen molar-refractivity contribution in [2.75, 3.05) is 25.4 Å². The number of nitrogen functional groups attached to an aromatic ring is 1. The van der Waals surface area contributed by atoms with Crippen molar-refractivity contribution >= 4 is 11.6 Å². The lowest BCUT2D eigenvalue weighted by atomic mass is 10.2. The van der Waals surface area contributed by atoms with Crippen LogP contribution in [0.5, 0.6) is 0 Å². The van der Waals surface area contributed by atoms with E-state index in [4.69, 9.17) is 10.5 Å². The fourth-order valence-electron chi connectivity index (χ4n) is 2.57. The molecule has 6 nitrogen and oxygen atoms in total. The molecule has 0 spiro atoms. The second-order valence-electron chi connectivity index (χ2n) is 5.62. The summed E-state index contributed by atoms with van der Waals surface area (Å²) in [6, 6.07) is 1.87. The number of aliphatic hydroxyl groups is 1. The number of nitrogens with two attached hydrogens (primary N) is 1. The molecule has 2 rings (SSSR count). The molecule has 6 heteroatoms. The van der Waals surface area contributed by atoms with E-state index in [1.54, 1.807) is 17.2 Å².